The van der Waals surface area contributed by atoms with Crippen molar-refractivity contribution in [2.75, 3.05) is 13.2 Å². The highest BCUT2D eigenvalue weighted by molar-refractivity contribution is 5.49. The van der Waals surface area contributed by atoms with Gasteiger partial charge in [0, 0.05) is 6.54 Å². The summed E-state index contributed by atoms with van der Waals surface area (Å²) >= 11 is 0. The van der Waals surface area contributed by atoms with Gasteiger partial charge in [-0.05, 0) is 17.7 Å². The molecular weight excluding hydrogens is 223 g/mol. The highest BCUT2D eigenvalue weighted by Gasteiger charge is 2.34. The number of ether oxygens (including phenoxy) is 2. The fourth-order valence-corrected chi connectivity index (χ4v) is 1.56. The van der Waals surface area contributed by atoms with Crippen LogP contribution in [0.2, 0.25) is 0 Å². The lowest BCUT2D eigenvalue weighted by Gasteiger charge is -2.21. The largest absolute Gasteiger partial charge is 0.486 e. The molecule has 16 heavy (non-hydrogen) atoms. The lowest BCUT2D eigenvalue weighted by atomic mass is 10.1. The maximum atomic E-state index is 12.7. The quantitative estimate of drug-likeness (QED) is 0.806. The van der Waals surface area contributed by atoms with Crippen molar-refractivity contribution in [3.63, 3.8) is 0 Å². The van der Waals surface area contributed by atoms with Crippen molar-refractivity contribution < 1.29 is 22.6 Å². The summed E-state index contributed by atoms with van der Waals surface area (Å²) < 4.78 is 48.2. The van der Waals surface area contributed by atoms with Crippen LogP contribution in [0.4, 0.5) is 13.2 Å². The molecule has 0 amide bonds. The number of nitrogens with two attached hydrogens (primary N) is 1. The molecule has 88 valence electrons. The highest BCUT2D eigenvalue weighted by Crippen LogP contribution is 2.40. The van der Waals surface area contributed by atoms with E-state index in [4.69, 9.17) is 15.2 Å². The molecule has 2 N–H and O–H groups in total. The molecule has 0 fully saturated rings. The Kier molecular flexibility index (Phi) is 2.67. The molecule has 0 aliphatic carbocycles. The van der Waals surface area contributed by atoms with E-state index in [2.05, 4.69) is 0 Å². The third kappa shape index (κ3) is 1.92. The zero-order valence-corrected chi connectivity index (χ0v) is 8.30. The molecule has 1 aromatic carbocycles. The maximum absolute atomic E-state index is 12.7. The van der Waals surface area contributed by atoms with Gasteiger partial charge in [-0.15, -0.1) is 0 Å². The van der Waals surface area contributed by atoms with Crippen molar-refractivity contribution in [2.24, 2.45) is 5.73 Å². The summed E-state index contributed by atoms with van der Waals surface area (Å²) in [6, 6.07) is 2.23. The normalized spacial score (nSPS) is 15.0. The van der Waals surface area contributed by atoms with Crippen LogP contribution in [-0.4, -0.2) is 13.2 Å². The number of halogens is 3. The molecule has 0 aromatic heterocycles. The third-order valence-corrected chi connectivity index (χ3v) is 2.29. The van der Waals surface area contributed by atoms with Crippen LogP contribution in [0.1, 0.15) is 11.1 Å². The van der Waals surface area contributed by atoms with E-state index in [1.165, 1.54) is 6.07 Å². The average molecular weight is 233 g/mol. The Morgan fingerprint density at radius 2 is 1.69 bits per heavy atom. The number of alkyl halides is 3. The van der Waals surface area contributed by atoms with Gasteiger partial charge in [0.25, 0.3) is 0 Å². The molecule has 0 bridgehead atoms. The zero-order valence-electron chi connectivity index (χ0n) is 8.30. The molecule has 1 aliphatic heterocycles. The first-order valence-electron chi connectivity index (χ1n) is 4.72. The van der Waals surface area contributed by atoms with Gasteiger partial charge in [-0.3, -0.25) is 0 Å². The van der Waals surface area contributed by atoms with Crippen LogP contribution in [0.5, 0.6) is 11.5 Å². The molecule has 1 aliphatic rings. The van der Waals surface area contributed by atoms with Gasteiger partial charge in [-0.1, -0.05) is 0 Å². The Labute approximate surface area is 89.9 Å². The van der Waals surface area contributed by atoms with Gasteiger partial charge in [-0.25, -0.2) is 0 Å². The van der Waals surface area contributed by atoms with E-state index >= 15 is 0 Å². The molecule has 0 atom stereocenters. The molecule has 0 spiro atoms. The van der Waals surface area contributed by atoms with E-state index in [0.717, 1.165) is 6.07 Å². The molecule has 0 saturated heterocycles. The summed E-state index contributed by atoms with van der Waals surface area (Å²) in [6.07, 6.45) is -4.43. The van der Waals surface area contributed by atoms with Crippen LogP contribution in [0.3, 0.4) is 0 Å². The molecule has 2 rings (SSSR count). The number of hydrogen-bond acceptors (Lipinski definition) is 3. The van der Waals surface area contributed by atoms with E-state index in [9.17, 15) is 13.2 Å². The third-order valence-electron chi connectivity index (χ3n) is 2.29. The van der Waals surface area contributed by atoms with E-state index in [1.54, 1.807) is 0 Å². The van der Waals surface area contributed by atoms with Crippen molar-refractivity contribution in [1.82, 2.24) is 0 Å². The summed E-state index contributed by atoms with van der Waals surface area (Å²) in [4.78, 5) is 0. The first-order chi connectivity index (χ1) is 7.52. The van der Waals surface area contributed by atoms with Crippen LogP contribution in [0.25, 0.3) is 0 Å². The molecule has 1 heterocycles. The Morgan fingerprint density at radius 1 is 1.12 bits per heavy atom. The summed E-state index contributed by atoms with van der Waals surface area (Å²) in [5, 5.41) is 0. The predicted octanol–water partition coefficient (Wildman–Crippen LogP) is 1.94. The lowest BCUT2D eigenvalue weighted by Crippen LogP contribution is -2.18. The number of rotatable bonds is 1. The monoisotopic (exact) mass is 233 g/mol. The Bertz CT molecular complexity index is 404. The molecule has 1 aromatic rings. The highest BCUT2D eigenvalue weighted by atomic mass is 19.4. The molecule has 3 nitrogen and oxygen atoms in total. The lowest BCUT2D eigenvalue weighted by molar-refractivity contribution is -0.138. The summed E-state index contributed by atoms with van der Waals surface area (Å²) in [6.45, 7) is 0.403. The van der Waals surface area contributed by atoms with Gasteiger partial charge < -0.3 is 15.2 Å². The summed E-state index contributed by atoms with van der Waals surface area (Å²) in [5.74, 6) is 0.440. The molecule has 0 unspecified atom stereocenters. The van der Waals surface area contributed by atoms with Crippen LogP contribution >= 0.6 is 0 Å². The van der Waals surface area contributed by atoms with Crippen molar-refractivity contribution >= 4 is 0 Å². The number of benzene rings is 1. The smallest absolute Gasteiger partial charge is 0.416 e. The second kappa shape index (κ2) is 3.86. The van der Waals surface area contributed by atoms with Crippen LogP contribution in [-0.2, 0) is 12.7 Å². The van der Waals surface area contributed by atoms with Crippen molar-refractivity contribution in [1.29, 1.82) is 0 Å². The number of fused-ring (bicyclic) bond motifs is 1. The minimum Gasteiger partial charge on any atom is -0.486 e. The SMILES string of the molecule is NCc1cc2c(cc1C(F)(F)F)OCCO2. The van der Waals surface area contributed by atoms with Crippen LogP contribution < -0.4 is 15.2 Å². The van der Waals surface area contributed by atoms with E-state index < -0.39 is 11.7 Å². The second-order valence-electron chi connectivity index (χ2n) is 3.35. The molecule has 0 saturated carbocycles. The summed E-state index contributed by atoms with van der Waals surface area (Å²) in [7, 11) is 0. The van der Waals surface area contributed by atoms with Gasteiger partial charge in [0.05, 0.1) is 5.56 Å². The first kappa shape index (κ1) is 11.1. The van der Waals surface area contributed by atoms with Gasteiger partial charge in [0.15, 0.2) is 11.5 Å². The van der Waals surface area contributed by atoms with Gasteiger partial charge in [-0.2, -0.15) is 13.2 Å². The van der Waals surface area contributed by atoms with Crippen molar-refractivity contribution in [3.8, 4) is 11.5 Å². The molecule has 6 heteroatoms. The second-order valence-corrected chi connectivity index (χ2v) is 3.35. The van der Waals surface area contributed by atoms with Crippen molar-refractivity contribution in [3.05, 3.63) is 23.3 Å². The Hall–Kier alpha value is -1.43. The average Bonchev–Trinajstić information content (AvgIpc) is 2.26. The zero-order chi connectivity index (χ0) is 11.8. The van der Waals surface area contributed by atoms with Gasteiger partial charge in [0.2, 0.25) is 0 Å². The maximum Gasteiger partial charge on any atom is 0.416 e. The first-order valence-corrected chi connectivity index (χ1v) is 4.72. The topological polar surface area (TPSA) is 44.5 Å². The predicted molar refractivity (Wildman–Crippen MR) is 50.3 cm³/mol. The molecule has 0 radical (unpaired) electrons. The summed E-state index contributed by atoms with van der Waals surface area (Å²) in [5.41, 5.74) is 4.53. The Balaban J connectivity index is 2.52. The van der Waals surface area contributed by atoms with Crippen LogP contribution in [0, 0.1) is 0 Å². The fraction of sp³-hybridized carbons (Fsp3) is 0.400. The standard InChI is InChI=1S/C10H10F3NO2/c11-10(12,13)7-4-9-8(3-6(7)5-14)15-1-2-16-9/h3-4H,1-2,5,14H2. The Morgan fingerprint density at radius 3 is 2.19 bits per heavy atom. The van der Waals surface area contributed by atoms with Crippen LogP contribution in [0.15, 0.2) is 12.1 Å². The molecular formula is C10H10F3NO2. The van der Waals surface area contributed by atoms with Gasteiger partial charge in [0.1, 0.15) is 13.2 Å². The fourth-order valence-electron chi connectivity index (χ4n) is 1.56. The minimum atomic E-state index is -4.43. The van der Waals surface area contributed by atoms with E-state index in [0.29, 0.717) is 12.4 Å². The van der Waals surface area contributed by atoms with Gasteiger partial charge >= 0.3 is 6.18 Å². The number of hydrogen-bond donors (Lipinski definition) is 1. The van der Waals surface area contributed by atoms with Crippen molar-refractivity contribution in [2.45, 2.75) is 12.7 Å². The minimum absolute atomic E-state index is 0.0109. The van der Waals surface area contributed by atoms with E-state index in [1.807, 2.05) is 0 Å². The van der Waals surface area contributed by atoms with E-state index in [-0.39, 0.29) is 24.5 Å².